The number of benzene rings is 1. The third kappa shape index (κ3) is 4.52. The Hall–Kier alpha value is -3.44. The van der Waals surface area contributed by atoms with E-state index in [2.05, 4.69) is 25.3 Å². The number of nitrogens with zero attached hydrogens (tertiary/aromatic N) is 6. The van der Waals surface area contributed by atoms with E-state index in [1.165, 1.54) is 11.0 Å². The van der Waals surface area contributed by atoms with Gasteiger partial charge in [0.1, 0.15) is 25.9 Å². The molecule has 4 rings (SSSR count). The Labute approximate surface area is 166 Å². The van der Waals surface area contributed by atoms with Crippen LogP contribution in [0.15, 0.2) is 55.1 Å². The smallest absolute Gasteiger partial charge is 0.264 e. The zero-order valence-corrected chi connectivity index (χ0v) is 16.2. The van der Waals surface area contributed by atoms with E-state index in [0.29, 0.717) is 23.1 Å². The Balaban J connectivity index is 1.56. The van der Waals surface area contributed by atoms with Crippen molar-refractivity contribution in [1.82, 2.24) is 29.9 Å². The van der Waals surface area contributed by atoms with E-state index in [1.807, 2.05) is 24.3 Å². The topological polar surface area (TPSA) is 122 Å². The Morgan fingerprint density at radius 2 is 1.72 bits per heavy atom. The highest BCUT2D eigenvalue weighted by Crippen LogP contribution is 2.26. The standard InChI is InChI=1S/C18H16N6O4S/c1-29(25,26)28-10-14-6-4-5-13(21-14)9-27-18-16-8-3-2-7-15(16)17(22-23-18)24-12-19-11-20-24/h2-8,11-12H,9-10H2,1H3. The highest BCUT2D eigenvalue weighted by molar-refractivity contribution is 7.85. The zero-order chi connectivity index (χ0) is 20.3. The lowest BCUT2D eigenvalue weighted by molar-refractivity contribution is 0.285. The maximum Gasteiger partial charge on any atom is 0.264 e. The summed E-state index contributed by atoms with van der Waals surface area (Å²) >= 11 is 0. The quantitative estimate of drug-likeness (QED) is 0.417. The Kier molecular flexibility index (Phi) is 5.14. The number of fused-ring (bicyclic) bond motifs is 1. The third-order valence-electron chi connectivity index (χ3n) is 3.91. The molecule has 0 aliphatic rings. The van der Waals surface area contributed by atoms with Crippen molar-refractivity contribution in [2.45, 2.75) is 13.2 Å². The maximum absolute atomic E-state index is 11.1. The minimum Gasteiger partial charge on any atom is -0.470 e. The van der Waals surface area contributed by atoms with Crippen LogP contribution in [0.25, 0.3) is 16.6 Å². The van der Waals surface area contributed by atoms with Gasteiger partial charge in [-0.05, 0) is 18.2 Å². The van der Waals surface area contributed by atoms with Crippen LogP contribution in [-0.2, 0) is 27.5 Å². The second-order valence-corrected chi connectivity index (χ2v) is 7.73. The van der Waals surface area contributed by atoms with Gasteiger partial charge in [0.2, 0.25) is 5.88 Å². The van der Waals surface area contributed by atoms with E-state index in [0.717, 1.165) is 17.0 Å². The first-order valence-corrected chi connectivity index (χ1v) is 10.3. The summed E-state index contributed by atoms with van der Waals surface area (Å²) in [7, 11) is -3.54. The fourth-order valence-electron chi connectivity index (χ4n) is 2.66. The highest BCUT2D eigenvalue weighted by atomic mass is 32.2. The fraction of sp³-hybridized carbons (Fsp3) is 0.167. The van der Waals surface area contributed by atoms with Crippen molar-refractivity contribution in [3.05, 3.63) is 66.5 Å². The molecule has 10 nitrogen and oxygen atoms in total. The molecule has 0 N–H and O–H groups in total. The largest absolute Gasteiger partial charge is 0.470 e. The van der Waals surface area contributed by atoms with E-state index in [-0.39, 0.29) is 13.2 Å². The minimum absolute atomic E-state index is 0.133. The Morgan fingerprint density at radius 3 is 2.45 bits per heavy atom. The zero-order valence-electron chi connectivity index (χ0n) is 15.3. The molecule has 0 aliphatic heterocycles. The first-order chi connectivity index (χ1) is 14.0. The van der Waals surface area contributed by atoms with Gasteiger partial charge < -0.3 is 4.74 Å². The van der Waals surface area contributed by atoms with Crippen LogP contribution < -0.4 is 4.74 Å². The van der Waals surface area contributed by atoms with Crippen molar-refractivity contribution in [2.75, 3.05) is 6.26 Å². The summed E-state index contributed by atoms with van der Waals surface area (Å²) in [6.07, 6.45) is 3.96. The van der Waals surface area contributed by atoms with Crippen LogP contribution >= 0.6 is 0 Å². The van der Waals surface area contributed by atoms with E-state index >= 15 is 0 Å². The van der Waals surface area contributed by atoms with Crippen LogP contribution in [0, 0.1) is 0 Å². The molecule has 0 fully saturated rings. The van der Waals surface area contributed by atoms with Gasteiger partial charge in [0.25, 0.3) is 10.1 Å². The first kappa shape index (κ1) is 18.9. The van der Waals surface area contributed by atoms with Gasteiger partial charge in [-0.1, -0.05) is 24.3 Å². The molecule has 1 aromatic carbocycles. The molecular formula is C18H16N6O4S. The average Bonchev–Trinajstić information content (AvgIpc) is 3.25. The number of pyridine rings is 1. The summed E-state index contributed by atoms with van der Waals surface area (Å²) < 4.78 is 34.4. The van der Waals surface area contributed by atoms with Crippen LogP contribution in [0.2, 0.25) is 0 Å². The lowest BCUT2D eigenvalue weighted by atomic mass is 10.2. The van der Waals surface area contributed by atoms with E-state index in [1.54, 1.807) is 24.5 Å². The summed E-state index contributed by atoms with van der Waals surface area (Å²) in [5.74, 6) is 0.896. The number of hydrogen-bond acceptors (Lipinski definition) is 9. The third-order valence-corrected chi connectivity index (χ3v) is 4.46. The van der Waals surface area contributed by atoms with Gasteiger partial charge in [-0.25, -0.2) is 9.67 Å². The first-order valence-electron chi connectivity index (χ1n) is 8.52. The van der Waals surface area contributed by atoms with Crippen molar-refractivity contribution in [1.29, 1.82) is 0 Å². The van der Waals surface area contributed by atoms with Gasteiger partial charge in [0, 0.05) is 10.8 Å². The number of ether oxygens (including phenoxy) is 1. The summed E-state index contributed by atoms with van der Waals surface area (Å²) in [6.45, 7) is -0.00390. The number of rotatable bonds is 7. The fourth-order valence-corrected chi connectivity index (χ4v) is 2.99. The lowest BCUT2D eigenvalue weighted by Crippen LogP contribution is -2.07. The van der Waals surface area contributed by atoms with Crippen LogP contribution in [0.1, 0.15) is 11.4 Å². The van der Waals surface area contributed by atoms with Crippen molar-refractivity contribution >= 4 is 20.9 Å². The molecule has 0 saturated heterocycles. The molecule has 0 spiro atoms. The van der Waals surface area contributed by atoms with Crippen LogP contribution in [-0.4, -0.2) is 44.6 Å². The van der Waals surface area contributed by atoms with E-state index in [4.69, 9.17) is 8.92 Å². The molecule has 29 heavy (non-hydrogen) atoms. The predicted molar refractivity (Wildman–Crippen MR) is 103 cm³/mol. The lowest BCUT2D eigenvalue weighted by Gasteiger charge is -2.10. The van der Waals surface area contributed by atoms with Gasteiger partial charge in [-0.15, -0.1) is 10.2 Å². The van der Waals surface area contributed by atoms with Gasteiger partial charge in [-0.3, -0.25) is 9.17 Å². The Bertz CT molecular complexity index is 1240. The van der Waals surface area contributed by atoms with E-state index in [9.17, 15) is 8.42 Å². The summed E-state index contributed by atoms with van der Waals surface area (Å²) in [4.78, 5) is 8.28. The number of aromatic nitrogens is 6. The average molecular weight is 412 g/mol. The molecular weight excluding hydrogens is 396 g/mol. The van der Waals surface area contributed by atoms with Gasteiger partial charge in [-0.2, -0.15) is 13.5 Å². The van der Waals surface area contributed by atoms with Crippen LogP contribution in [0.4, 0.5) is 0 Å². The van der Waals surface area contributed by atoms with Gasteiger partial charge in [0.05, 0.1) is 17.6 Å². The molecule has 0 aliphatic carbocycles. The monoisotopic (exact) mass is 412 g/mol. The van der Waals surface area contributed by atoms with Crippen molar-refractivity contribution in [2.24, 2.45) is 0 Å². The SMILES string of the molecule is CS(=O)(=O)OCc1cccc(COc2nnc(-n3cncn3)c3ccccc23)n1. The van der Waals surface area contributed by atoms with Crippen molar-refractivity contribution in [3.63, 3.8) is 0 Å². The summed E-state index contributed by atoms with van der Waals surface area (Å²) in [5, 5.41) is 14.1. The maximum atomic E-state index is 11.1. The highest BCUT2D eigenvalue weighted by Gasteiger charge is 2.12. The van der Waals surface area contributed by atoms with Crippen molar-refractivity contribution in [3.8, 4) is 11.7 Å². The summed E-state index contributed by atoms with van der Waals surface area (Å²) in [5.41, 5.74) is 1.08. The van der Waals surface area contributed by atoms with Crippen molar-refractivity contribution < 1.29 is 17.3 Å². The predicted octanol–water partition coefficient (Wildman–Crippen LogP) is 1.66. The van der Waals surface area contributed by atoms with Crippen LogP contribution in [0.5, 0.6) is 5.88 Å². The molecule has 0 atom stereocenters. The van der Waals surface area contributed by atoms with Crippen LogP contribution in [0.3, 0.4) is 0 Å². The molecule has 4 aromatic rings. The molecule has 148 valence electrons. The van der Waals surface area contributed by atoms with Gasteiger partial charge >= 0.3 is 0 Å². The molecule has 0 radical (unpaired) electrons. The molecule has 3 heterocycles. The van der Waals surface area contributed by atoms with E-state index < -0.39 is 10.1 Å². The second kappa shape index (κ2) is 7.89. The molecule has 0 saturated carbocycles. The molecule has 0 amide bonds. The molecule has 3 aromatic heterocycles. The molecule has 0 bridgehead atoms. The molecule has 0 unspecified atom stereocenters. The Morgan fingerprint density at radius 1 is 0.966 bits per heavy atom. The second-order valence-electron chi connectivity index (χ2n) is 6.09. The molecule has 11 heteroatoms. The minimum atomic E-state index is -3.54. The van der Waals surface area contributed by atoms with Gasteiger partial charge in [0.15, 0.2) is 5.82 Å². The normalized spacial score (nSPS) is 11.6. The number of hydrogen-bond donors (Lipinski definition) is 0. The summed E-state index contributed by atoms with van der Waals surface area (Å²) in [6, 6.07) is 12.7.